The standard InChI is InChI=1S/C21H27NO2S/c1-14(2)20(25-13-19(23)17-10-6-5-7-11-17)21(24)22-18-12-8-9-15(3)16(18)4/h5-12,14,19-20,23H,13H2,1-4H3,(H,22,24). The van der Waals surface area contributed by atoms with Gasteiger partial charge in [0, 0.05) is 11.4 Å². The summed E-state index contributed by atoms with van der Waals surface area (Å²) in [5, 5.41) is 13.2. The fourth-order valence-corrected chi connectivity index (χ4v) is 3.80. The first-order chi connectivity index (χ1) is 11.9. The van der Waals surface area contributed by atoms with Crippen LogP contribution in [0.2, 0.25) is 0 Å². The number of hydrogen-bond acceptors (Lipinski definition) is 3. The molecule has 134 valence electrons. The van der Waals surface area contributed by atoms with E-state index < -0.39 is 6.10 Å². The van der Waals surface area contributed by atoms with Gasteiger partial charge in [-0.25, -0.2) is 0 Å². The molecule has 25 heavy (non-hydrogen) atoms. The van der Waals surface area contributed by atoms with Crippen LogP contribution < -0.4 is 5.32 Å². The van der Waals surface area contributed by atoms with Gasteiger partial charge in [0.05, 0.1) is 11.4 Å². The van der Waals surface area contributed by atoms with Gasteiger partial charge in [-0.05, 0) is 42.5 Å². The Morgan fingerprint density at radius 3 is 2.40 bits per heavy atom. The van der Waals surface area contributed by atoms with E-state index in [-0.39, 0.29) is 17.1 Å². The molecule has 0 aliphatic heterocycles. The summed E-state index contributed by atoms with van der Waals surface area (Å²) in [5.41, 5.74) is 3.99. The van der Waals surface area contributed by atoms with Gasteiger partial charge < -0.3 is 10.4 Å². The molecule has 2 aromatic carbocycles. The van der Waals surface area contributed by atoms with Gasteiger partial charge in [-0.3, -0.25) is 4.79 Å². The lowest BCUT2D eigenvalue weighted by Gasteiger charge is -2.22. The van der Waals surface area contributed by atoms with Crippen molar-refractivity contribution in [3.05, 3.63) is 65.2 Å². The molecule has 0 radical (unpaired) electrons. The van der Waals surface area contributed by atoms with Crippen molar-refractivity contribution in [2.24, 2.45) is 5.92 Å². The Labute approximate surface area is 154 Å². The number of carbonyl (C=O) groups is 1. The molecule has 0 bridgehead atoms. The van der Waals surface area contributed by atoms with Crippen LogP contribution in [0.3, 0.4) is 0 Å². The molecule has 0 heterocycles. The Balaban J connectivity index is 2.02. The molecule has 0 saturated carbocycles. The highest BCUT2D eigenvalue weighted by Gasteiger charge is 2.24. The lowest BCUT2D eigenvalue weighted by molar-refractivity contribution is -0.116. The third-order valence-electron chi connectivity index (χ3n) is 4.34. The van der Waals surface area contributed by atoms with Crippen LogP contribution in [0.25, 0.3) is 0 Å². The maximum atomic E-state index is 12.8. The Kier molecular flexibility index (Phi) is 7.09. The molecular weight excluding hydrogens is 330 g/mol. The van der Waals surface area contributed by atoms with E-state index in [1.54, 1.807) is 0 Å². The zero-order valence-corrected chi connectivity index (χ0v) is 16.1. The molecule has 0 aliphatic carbocycles. The topological polar surface area (TPSA) is 49.3 Å². The number of amides is 1. The van der Waals surface area contributed by atoms with Gasteiger partial charge in [-0.15, -0.1) is 11.8 Å². The molecule has 2 atom stereocenters. The lowest BCUT2D eigenvalue weighted by atomic mass is 10.1. The number of hydrogen-bond donors (Lipinski definition) is 2. The van der Waals surface area contributed by atoms with Crippen LogP contribution in [0.4, 0.5) is 5.69 Å². The summed E-state index contributed by atoms with van der Waals surface area (Å²) in [6.07, 6.45) is -0.569. The van der Waals surface area contributed by atoms with Crippen molar-refractivity contribution in [1.82, 2.24) is 0 Å². The molecular formula is C21H27NO2S. The molecule has 4 heteroatoms. The maximum absolute atomic E-state index is 12.8. The zero-order chi connectivity index (χ0) is 18.4. The average Bonchev–Trinajstić information content (AvgIpc) is 2.59. The molecule has 1 amide bonds. The number of nitrogens with one attached hydrogen (secondary N) is 1. The number of aliphatic hydroxyl groups excluding tert-OH is 1. The van der Waals surface area contributed by atoms with Crippen LogP contribution in [-0.2, 0) is 4.79 Å². The third kappa shape index (κ3) is 5.35. The van der Waals surface area contributed by atoms with Gasteiger partial charge in [0.25, 0.3) is 0 Å². The minimum absolute atomic E-state index is 0.00559. The molecule has 2 aromatic rings. The number of aliphatic hydroxyl groups is 1. The van der Waals surface area contributed by atoms with E-state index in [0.717, 1.165) is 22.4 Å². The van der Waals surface area contributed by atoms with E-state index in [4.69, 9.17) is 0 Å². The van der Waals surface area contributed by atoms with Crippen LogP contribution in [0, 0.1) is 19.8 Å². The third-order valence-corrected chi connectivity index (χ3v) is 5.97. The predicted molar refractivity (Wildman–Crippen MR) is 107 cm³/mol. The van der Waals surface area contributed by atoms with E-state index in [1.165, 1.54) is 11.8 Å². The summed E-state index contributed by atoms with van der Waals surface area (Å²) in [6.45, 7) is 8.13. The van der Waals surface area contributed by atoms with Crippen LogP contribution in [0.5, 0.6) is 0 Å². The normalized spacial score (nSPS) is 13.5. The number of aryl methyl sites for hydroxylation is 1. The summed E-state index contributed by atoms with van der Waals surface area (Å²) >= 11 is 1.51. The number of thioether (sulfide) groups is 1. The van der Waals surface area contributed by atoms with Crippen LogP contribution in [-0.4, -0.2) is 22.0 Å². The van der Waals surface area contributed by atoms with Gasteiger partial charge in [0.1, 0.15) is 0 Å². The van der Waals surface area contributed by atoms with Crippen molar-refractivity contribution < 1.29 is 9.90 Å². The minimum atomic E-state index is -0.569. The van der Waals surface area contributed by atoms with Crippen molar-refractivity contribution in [2.45, 2.75) is 39.0 Å². The molecule has 2 unspecified atom stereocenters. The Morgan fingerprint density at radius 2 is 1.76 bits per heavy atom. The van der Waals surface area contributed by atoms with E-state index in [0.29, 0.717) is 5.75 Å². The minimum Gasteiger partial charge on any atom is -0.388 e. The molecule has 0 aromatic heterocycles. The second-order valence-electron chi connectivity index (χ2n) is 6.66. The van der Waals surface area contributed by atoms with Crippen LogP contribution >= 0.6 is 11.8 Å². The van der Waals surface area contributed by atoms with Crippen molar-refractivity contribution >= 4 is 23.4 Å². The second-order valence-corrected chi connectivity index (χ2v) is 7.84. The van der Waals surface area contributed by atoms with Crippen LogP contribution in [0.15, 0.2) is 48.5 Å². The average molecular weight is 358 g/mol. The van der Waals surface area contributed by atoms with Gasteiger partial charge in [-0.1, -0.05) is 56.3 Å². The van der Waals surface area contributed by atoms with E-state index in [9.17, 15) is 9.90 Å². The van der Waals surface area contributed by atoms with Gasteiger partial charge in [0.2, 0.25) is 5.91 Å². The SMILES string of the molecule is Cc1cccc(NC(=O)C(SCC(O)c2ccccc2)C(C)C)c1C. The number of anilines is 1. The number of benzene rings is 2. The summed E-state index contributed by atoms with van der Waals surface area (Å²) in [4.78, 5) is 12.8. The highest BCUT2D eigenvalue weighted by molar-refractivity contribution is 8.00. The number of rotatable bonds is 7. The first-order valence-electron chi connectivity index (χ1n) is 8.62. The monoisotopic (exact) mass is 357 g/mol. The Hall–Kier alpha value is -1.78. The lowest BCUT2D eigenvalue weighted by Crippen LogP contribution is -2.30. The summed E-state index contributed by atoms with van der Waals surface area (Å²) in [6, 6.07) is 15.5. The molecule has 0 saturated heterocycles. The van der Waals surface area contributed by atoms with E-state index >= 15 is 0 Å². The zero-order valence-electron chi connectivity index (χ0n) is 15.3. The second kappa shape index (κ2) is 9.07. The van der Waals surface area contributed by atoms with Crippen molar-refractivity contribution in [2.75, 3.05) is 11.1 Å². The molecule has 3 nitrogen and oxygen atoms in total. The molecule has 2 N–H and O–H groups in total. The molecule has 2 rings (SSSR count). The quantitative estimate of drug-likeness (QED) is 0.753. The number of carbonyl (C=O) groups excluding carboxylic acids is 1. The fraction of sp³-hybridized carbons (Fsp3) is 0.381. The fourth-order valence-electron chi connectivity index (χ4n) is 2.63. The predicted octanol–water partition coefficient (Wildman–Crippen LogP) is 4.73. The van der Waals surface area contributed by atoms with Gasteiger partial charge in [-0.2, -0.15) is 0 Å². The van der Waals surface area contributed by atoms with E-state index in [1.807, 2.05) is 76.2 Å². The van der Waals surface area contributed by atoms with Gasteiger partial charge >= 0.3 is 0 Å². The Morgan fingerprint density at radius 1 is 1.08 bits per heavy atom. The summed E-state index contributed by atoms with van der Waals surface area (Å²) in [7, 11) is 0. The van der Waals surface area contributed by atoms with Crippen molar-refractivity contribution in [3.8, 4) is 0 Å². The highest BCUT2D eigenvalue weighted by atomic mass is 32.2. The molecule has 0 fully saturated rings. The summed E-state index contributed by atoms with van der Waals surface area (Å²) in [5.74, 6) is 0.666. The molecule has 0 spiro atoms. The van der Waals surface area contributed by atoms with Crippen LogP contribution in [0.1, 0.15) is 36.6 Å². The first kappa shape index (κ1) is 19.5. The van der Waals surface area contributed by atoms with Gasteiger partial charge in [0.15, 0.2) is 0 Å². The smallest absolute Gasteiger partial charge is 0.237 e. The molecule has 0 aliphatic rings. The maximum Gasteiger partial charge on any atom is 0.237 e. The van der Waals surface area contributed by atoms with E-state index in [2.05, 4.69) is 5.32 Å². The highest BCUT2D eigenvalue weighted by Crippen LogP contribution is 2.27. The largest absolute Gasteiger partial charge is 0.388 e. The van der Waals surface area contributed by atoms with Crippen molar-refractivity contribution in [3.63, 3.8) is 0 Å². The van der Waals surface area contributed by atoms with Crippen molar-refractivity contribution in [1.29, 1.82) is 0 Å². The summed E-state index contributed by atoms with van der Waals surface area (Å²) < 4.78 is 0. The first-order valence-corrected chi connectivity index (χ1v) is 9.66. The Bertz CT molecular complexity index is 700.